The van der Waals surface area contributed by atoms with Crippen molar-refractivity contribution in [3.8, 4) is 17.6 Å². The van der Waals surface area contributed by atoms with Crippen molar-refractivity contribution < 1.29 is 14.3 Å². The summed E-state index contributed by atoms with van der Waals surface area (Å²) in [5.41, 5.74) is 3.16. The Morgan fingerprint density at radius 3 is 2.59 bits per heavy atom. The number of ether oxygens (including phenoxy) is 1. The Morgan fingerprint density at radius 1 is 1.05 bits per heavy atom. The summed E-state index contributed by atoms with van der Waals surface area (Å²) in [6.07, 6.45) is 4.23. The lowest BCUT2D eigenvalue weighted by atomic mass is 10.1. The molecule has 1 aliphatic rings. The van der Waals surface area contributed by atoms with E-state index >= 15 is 0 Å². The molecule has 4 aromatic rings. The molecule has 0 radical (unpaired) electrons. The van der Waals surface area contributed by atoms with Crippen LogP contribution in [0.15, 0.2) is 79.4 Å². The number of nitrogens with zero attached hydrogens (tertiary/aromatic N) is 5. The van der Waals surface area contributed by atoms with Crippen molar-refractivity contribution in [1.82, 2.24) is 25.1 Å². The van der Waals surface area contributed by atoms with E-state index in [4.69, 9.17) is 4.74 Å². The molecule has 0 unspecified atom stereocenters. The van der Waals surface area contributed by atoms with E-state index in [1.807, 2.05) is 48.5 Å². The van der Waals surface area contributed by atoms with Gasteiger partial charge in [-0.05, 0) is 42.8 Å². The number of aromatic nitrogens is 4. The first-order valence-corrected chi connectivity index (χ1v) is 11.7. The second kappa shape index (κ2) is 10.3. The highest BCUT2D eigenvalue weighted by Gasteiger charge is 2.36. The summed E-state index contributed by atoms with van der Waals surface area (Å²) < 4.78 is 7.65. The predicted molar refractivity (Wildman–Crippen MR) is 137 cm³/mol. The molecular weight excluding hydrogens is 468 g/mol. The van der Waals surface area contributed by atoms with Crippen molar-refractivity contribution in [1.29, 1.82) is 0 Å². The quantitative estimate of drug-likeness (QED) is 0.440. The van der Waals surface area contributed by atoms with E-state index in [0.29, 0.717) is 18.0 Å². The highest BCUT2D eigenvalue weighted by atomic mass is 16.5. The fraction of sp³-hybridized carbons (Fsp3) is 0.179. The molecule has 2 aromatic heterocycles. The van der Waals surface area contributed by atoms with Gasteiger partial charge in [0.25, 0.3) is 11.8 Å². The minimum absolute atomic E-state index is 0.0194. The van der Waals surface area contributed by atoms with Crippen LogP contribution in [0.2, 0.25) is 0 Å². The first kappa shape index (κ1) is 23.8. The fourth-order valence-corrected chi connectivity index (χ4v) is 3.96. The van der Waals surface area contributed by atoms with Gasteiger partial charge in [-0.2, -0.15) is 0 Å². The molecular formula is C28H24N6O3. The van der Waals surface area contributed by atoms with Crippen LogP contribution < -0.4 is 15.0 Å². The number of pyridine rings is 1. The highest BCUT2D eigenvalue weighted by Crippen LogP contribution is 2.33. The third-order valence-electron chi connectivity index (χ3n) is 5.94. The number of rotatable bonds is 4. The van der Waals surface area contributed by atoms with Crippen LogP contribution in [-0.2, 0) is 11.3 Å². The number of fused-ring (bicyclic) bond motifs is 1. The molecule has 37 heavy (non-hydrogen) atoms. The van der Waals surface area contributed by atoms with Crippen LogP contribution in [0.3, 0.4) is 0 Å². The zero-order valence-electron chi connectivity index (χ0n) is 20.3. The van der Waals surface area contributed by atoms with E-state index in [1.165, 1.54) is 11.2 Å². The molecule has 2 atom stereocenters. The maximum absolute atomic E-state index is 13.4. The van der Waals surface area contributed by atoms with Crippen LogP contribution in [0.4, 0.5) is 5.69 Å². The van der Waals surface area contributed by atoms with Gasteiger partial charge < -0.3 is 15.0 Å². The molecule has 0 spiro atoms. The minimum Gasteiger partial charge on any atom is -0.486 e. The van der Waals surface area contributed by atoms with E-state index in [9.17, 15) is 9.59 Å². The maximum atomic E-state index is 13.4. The van der Waals surface area contributed by atoms with Gasteiger partial charge in [0.1, 0.15) is 24.2 Å². The zero-order valence-corrected chi connectivity index (χ0v) is 20.3. The van der Waals surface area contributed by atoms with Gasteiger partial charge in [-0.1, -0.05) is 42.2 Å². The van der Waals surface area contributed by atoms with Gasteiger partial charge >= 0.3 is 0 Å². The monoisotopic (exact) mass is 492 g/mol. The lowest BCUT2D eigenvalue weighted by molar-refractivity contribution is -0.121. The SMILES string of the molecule is C[C@H]1Oc2ccc(C#Cc3ccncc3)cc2N(C)C(=O)[C@H]1NC(=O)c1ncn(Cc2ccccc2)n1. The number of amides is 2. The maximum Gasteiger partial charge on any atom is 0.291 e. The first-order chi connectivity index (χ1) is 18.0. The van der Waals surface area contributed by atoms with E-state index in [-0.39, 0.29) is 11.7 Å². The third-order valence-corrected chi connectivity index (χ3v) is 5.94. The third kappa shape index (κ3) is 5.33. The summed E-state index contributed by atoms with van der Waals surface area (Å²) in [5, 5.41) is 7.02. The van der Waals surface area contributed by atoms with Crippen molar-refractivity contribution in [3.05, 3.63) is 102 Å². The van der Waals surface area contributed by atoms with Gasteiger partial charge in [-0.25, -0.2) is 9.67 Å². The number of carbonyl (C=O) groups is 2. The first-order valence-electron chi connectivity index (χ1n) is 11.7. The molecule has 9 nitrogen and oxygen atoms in total. The Balaban J connectivity index is 1.31. The Kier molecular flexibility index (Phi) is 6.64. The van der Waals surface area contributed by atoms with Crippen molar-refractivity contribution in [2.75, 3.05) is 11.9 Å². The van der Waals surface area contributed by atoms with Crippen molar-refractivity contribution >= 4 is 17.5 Å². The van der Waals surface area contributed by atoms with Gasteiger partial charge in [-0.15, -0.1) is 5.10 Å². The Bertz CT molecular complexity index is 1490. The normalized spacial score (nSPS) is 16.6. The molecule has 1 N–H and O–H groups in total. The summed E-state index contributed by atoms with van der Waals surface area (Å²) in [4.78, 5) is 35.9. The molecule has 0 fully saturated rings. The molecule has 184 valence electrons. The van der Waals surface area contributed by atoms with Crippen LogP contribution in [0.1, 0.15) is 34.2 Å². The van der Waals surface area contributed by atoms with Crippen LogP contribution in [0.25, 0.3) is 0 Å². The number of anilines is 1. The molecule has 0 saturated carbocycles. The van der Waals surface area contributed by atoms with E-state index < -0.39 is 18.1 Å². The van der Waals surface area contributed by atoms with Crippen LogP contribution >= 0.6 is 0 Å². The zero-order chi connectivity index (χ0) is 25.8. The molecule has 2 amide bonds. The standard InChI is InChI=1S/C28H24N6O3/c1-19-25(31-27(35)26-30-18-34(32-26)17-22-6-4-3-5-7-22)28(36)33(2)23-16-21(10-11-24(23)37-19)9-8-20-12-14-29-15-13-20/h3-7,10-16,18-19,25H,17H2,1-2H3,(H,31,35)/t19-,25+/m1/s1. The van der Waals surface area contributed by atoms with E-state index in [0.717, 1.165) is 16.7 Å². The molecule has 3 heterocycles. The molecule has 0 bridgehead atoms. The molecule has 0 saturated heterocycles. The molecule has 1 aliphatic heterocycles. The van der Waals surface area contributed by atoms with Crippen LogP contribution in [0, 0.1) is 11.8 Å². The van der Waals surface area contributed by atoms with Crippen molar-refractivity contribution in [2.45, 2.75) is 25.6 Å². The average molecular weight is 493 g/mol. The van der Waals surface area contributed by atoms with Crippen molar-refractivity contribution in [3.63, 3.8) is 0 Å². The molecule has 5 rings (SSSR count). The summed E-state index contributed by atoms with van der Waals surface area (Å²) in [6.45, 7) is 2.22. The second-order valence-corrected chi connectivity index (χ2v) is 8.59. The summed E-state index contributed by atoms with van der Waals surface area (Å²) in [5.74, 6) is 5.82. The van der Waals surface area contributed by atoms with Gasteiger partial charge in [0.2, 0.25) is 5.82 Å². The Labute approximate surface area is 214 Å². The van der Waals surface area contributed by atoms with Gasteiger partial charge in [0.15, 0.2) is 0 Å². The summed E-state index contributed by atoms with van der Waals surface area (Å²) in [6, 6.07) is 17.9. The number of likely N-dealkylation sites (N-methyl/N-ethyl adjacent to an activating group) is 1. The lowest BCUT2D eigenvalue weighted by Gasteiger charge is -2.23. The predicted octanol–water partition coefficient (Wildman–Crippen LogP) is 2.66. The molecule has 9 heteroatoms. The smallest absolute Gasteiger partial charge is 0.291 e. The Morgan fingerprint density at radius 2 is 1.81 bits per heavy atom. The van der Waals surface area contributed by atoms with Gasteiger partial charge in [-0.3, -0.25) is 14.6 Å². The van der Waals surface area contributed by atoms with Gasteiger partial charge in [0, 0.05) is 30.6 Å². The summed E-state index contributed by atoms with van der Waals surface area (Å²) in [7, 11) is 1.65. The van der Waals surface area contributed by atoms with E-state index in [2.05, 4.69) is 32.2 Å². The minimum atomic E-state index is -0.933. The van der Waals surface area contributed by atoms with E-state index in [1.54, 1.807) is 43.2 Å². The lowest BCUT2D eigenvalue weighted by Crippen LogP contribution is -2.53. The average Bonchev–Trinajstić information content (AvgIpc) is 3.37. The molecule has 0 aliphatic carbocycles. The largest absolute Gasteiger partial charge is 0.486 e. The second-order valence-electron chi connectivity index (χ2n) is 8.59. The van der Waals surface area contributed by atoms with Gasteiger partial charge in [0.05, 0.1) is 12.2 Å². The van der Waals surface area contributed by atoms with Crippen LogP contribution in [-0.4, -0.2) is 50.8 Å². The topological polar surface area (TPSA) is 102 Å². The number of benzene rings is 2. The fourth-order valence-electron chi connectivity index (χ4n) is 3.96. The number of hydrogen-bond acceptors (Lipinski definition) is 6. The number of hydrogen-bond donors (Lipinski definition) is 1. The summed E-state index contributed by atoms with van der Waals surface area (Å²) >= 11 is 0. The Hall–Kier alpha value is -4.97. The van der Waals surface area contributed by atoms with Crippen LogP contribution in [0.5, 0.6) is 5.75 Å². The van der Waals surface area contributed by atoms with Crippen molar-refractivity contribution in [2.24, 2.45) is 0 Å². The highest BCUT2D eigenvalue weighted by molar-refractivity contribution is 6.02. The number of nitrogens with one attached hydrogen (secondary N) is 1. The molecule has 2 aromatic carbocycles. The number of carbonyl (C=O) groups excluding carboxylic acids is 2.